The number of aromatic nitrogens is 2. The molecule has 27 heavy (non-hydrogen) atoms. The lowest BCUT2D eigenvalue weighted by molar-refractivity contribution is -0.174. The van der Waals surface area contributed by atoms with E-state index in [0.717, 1.165) is 49.0 Å². The summed E-state index contributed by atoms with van der Waals surface area (Å²) in [6, 6.07) is 6.14. The Labute approximate surface area is 164 Å². The van der Waals surface area contributed by atoms with E-state index in [-0.39, 0.29) is 23.9 Å². The van der Waals surface area contributed by atoms with Gasteiger partial charge >= 0.3 is 0 Å². The molecule has 144 valence electrons. The van der Waals surface area contributed by atoms with Crippen LogP contribution in [0.2, 0.25) is 5.02 Å². The molecule has 6 heteroatoms. The molecule has 5 nitrogen and oxygen atoms in total. The number of carbonyl (C=O) groups is 1. The van der Waals surface area contributed by atoms with Crippen molar-refractivity contribution in [3.8, 4) is 0 Å². The first-order valence-corrected chi connectivity index (χ1v) is 10.4. The Hall–Kier alpha value is -1.59. The van der Waals surface area contributed by atoms with Crippen LogP contribution < -0.4 is 0 Å². The van der Waals surface area contributed by atoms with Crippen LogP contribution in [-0.2, 0) is 11.8 Å². The minimum Gasteiger partial charge on any atom is -0.390 e. The zero-order chi connectivity index (χ0) is 18.9. The first kappa shape index (κ1) is 17.5. The first-order valence-electron chi connectivity index (χ1n) is 9.98. The maximum Gasteiger partial charge on any atom is 0.223 e. The molecule has 4 bridgehead atoms. The topological polar surface area (TPSA) is 58.4 Å². The van der Waals surface area contributed by atoms with Crippen molar-refractivity contribution in [3.63, 3.8) is 0 Å². The maximum atomic E-state index is 13.2. The molecular formula is C21H26ClN3O2. The van der Waals surface area contributed by atoms with E-state index in [1.807, 2.05) is 29.8 Å². The average molecular weight is 388 g/mol. The number of rotatable bonds is 3. The van der Waals surface area contributed by atoms with Gasteiger partial charge < -0.3 is 14.6 Å². The molecule has 4 fully saturated rings. The Morgan fingerprint density at radius 2 is 2.04 bits per heavy atom. The molecule has 1 aromatic carbocycles. The van der Waals surface area contributed by atoms with E-state index in [4.69, 9.17) is 16.6 Å². The molecule has 2 aliphatic heterocycles. The highest BCUT2D eigenvalue weighted by Gasteiger charge is 2.54. The third-order valence-electron chi connectivity index (χ3n) is 6.98. The second-order valence-corrected chi connectivity index (χ2v) is 9.49. The monoisotopic (exact) mass is 387 g/mol. The summed E-state index contributed by atoms with van der Waals surface area (Å²) in [6.45, 7) is 2.07. The smallest absolute Gasteiger partial charge is 0.223 e. The molecule has 1 N–H and O–H groups in total. The van der Waals surface area contributed by atoms with Crippen molar-refractivity contribution >= 4 is 28.5 Å². The molecule has 1 aromatic heterocycles. The van der Waals surface area contributed by atoms with Crippen molar-refractivity contribution in [2.24, 2.45) is 13.0 Å². The van der Waals surface area contributed by atoms with Gasteiger partial charge in [0.2, 0.25) is 5.91 Å². The molecular weight excluding hydrogens is 362 g/mol. The minimum absolute atomic E-state index is 0.0361. The second kappa shape index (κ2) is 5.95. The summed E-state index contributed by atoms with van der Waals surface area (Å²) < 4.78 is 2.05. The van der Waals surface area contributed by atoms with Gasteiger partial charge in [-0.1, -0.05) is 18.5 Å². The van der Waals surface area contributed by atoms with E-state index in [2.05, 4.69) is 11.8 Å². The van der Waals surface area contributed by atoms with Gasteiger partial charge in [-0.2, -0.15) is 0 Å². The number of aliphatic hydroxyl groups is 1. The molecule has 4 aliphatic rings. The Kier molecular flexibility index (Phi) is 3.86. The van der Waals surface area contributed by atoms with Gasteiger partial charge in [-0.15, -0.1) is 0 Å². The summed E-state index contributed by atoms with van der Waals surface area (Å²) in [5.74, 6) is 1.77. The largest absolute Gasteiger partial charge is 0.390 e. The van der Waals surface area contributed by atoms with E-state index in [1.54, 1.807) is 0 Å². The summed E-state index contributed by atoms with van der Waals surface area (Å²) in [4.78, 5) is 20.0. The van der Waals surface area contributed by atoms with Crippen LogP contribution in [0.1, 0.15) is 57.2 Å². The van der Waals surface area contributed by atoms with Crippen LogP contribution in [0.3, 0.4) is 0 Å². The number of amides is 1. The fourth-order valence-corrected chi connectivity index (χ4v) is 6.24. The van der Waals surface area contributed by atoms with E-state index >= 15 is 0 Å². The standard InChI is InChI=1S/C21H26ClN3O2/c1-12(20-23-17-4-3-14(22)8-18(17)24(20)2)5-19(26)25-15-6-13-7-16(25)11-21(27,9-13)10-15/h3-4,8,12-13,15-16,27H,5-7,9-11H2,1-2H3. The van der Waals surface area contributed by atoms with Crippen molar-refractivity contribution in [2.75, 3.05) is 0 Å². The molecule has 2 aliphatic carbocycles. The molecule has 2 aromatic rings. The third kappa shape index (κ3) is 2.78. The quantitative estimate of drug-likeness (QED) is 0.874. The first-order chi connectivity index (χ1) is 12.8. The number of hydrogen-bond acceptors (Lipinski definition) is 3. The van der Waals surface area contributed by atoms with Gasteiger partial charge in [-0.3, -0.25) is 4.79 Å². The van der Waals surface area contributed by atoms with E-state index in [1.165, 1.54) is 0 Å². The van der Waals surface area contributed by atoms with Crippen LogP contribution in [0.4, 0.5) is 0 Å². The number of benzene rings is 1. The van der Waals surface area contributed by atoms with Crippen molar-refractivity contribution in [1.82, 2.24) is 14.5 Å². The van der Waals surface area contributed by atoms with Crippen LogP contribution in [0.5, 0.6) is 0 Å². The summed E-state index contributed by atoms with van der Waals surface area (Å²) in [7, 11) is 1.99. The van der Waals surface area contributed by atoms with E-state index in [0.29, 0.717) is 17.4 Å². The number of nitrogens with zero attached hydrogens (tertiary/aromatic N) is 3. The Morgan fingerprint density at radius 1 is 1.33 bits per heavy atom. The predicted molar refractivity (Wildman–Crippen MR) is 105 cm³/mol. The Bertz CT molecular complexity index is 908. The molecule has 3 unspecified atom stereocenters. The molecule has 6 rings (SSSR count). The molecule has 1 amide bonds. The van der Waals surface area contributed by atoms with Gasteiger partial charge in [0.25, 0.3) is 0 Å². The Morgan fingerprint density at radius 3 is 2.70 bits per heavy atom. The summed E-state index contributed by atoms with van der Waals surface area (Å²) >= 11 is 6.12. The molecule has 0 spiro atoms. The fourth-order valence-electron chi connectivity index (χ4n) is 6.07. The summed E-state index contributed by atoms with van der Waals surface area (Å²) in [5, 5.41) is 11.4. The molecule has 0 radical (unpaired) electrons. The number of halogens is 1. The SMILES string of the molecule is CC(CC(=O)N1C2CC3CC1CC(O)(C3)C2)c1nc2ccc(Cl)cc2n1C. The number of piperidine rings is 2. The minimum atomic E-state index is -0.518. The van der Waals surface area contributed by atoms with Crippen molar-refractivity contribution in [1.29, 1.82) is 0 Å². The molecule has 3 heterocycles. The number of carbonyl (C=O) groups excluding carboxylic acids is 1. The highest BCUT2D eigenvalue weighted by Crippen LogP contribution is 2.51. The number of fused-ring (bicyclic) bond motifs is 1. The number of hydrogen-bond donors (Lipinski definition) is 1. The van der Waals surface area contributed by atoms with Crippen LogP contribution in [-0.4, -0.2) is 43.1 Å². The van der Waals surface area contributed by atoms with E-state index in [9.17, 15) is 9.90 Å². The number of imidazole rings is 1. The molecule has 3 atom stereocenters. The third-order valence-corrected chi connectivity index (χ3v) is 7.22. The predicted octanol–water partition coefficient (Wildman–Crippen LogP) is 3.62. The highest BCUT2D eigenvalue weighted by molar-refractivity contribution is 6.31. The van der Waals surface area contributed by atoms with Gasteiger partial charge in [0.05, 0.1) is 16.6 Å². The second-order valence-electron chi connectivity index (χ2n) is 9.05. The normalized spacial score (nSPS) is 33.0. The van der Waals surface area contributed by atoms with Crippen molar-refractivity contribution in [2.45, 2.75) is 69.1 Å². The van der Waals surface area contributed by atoms with E-state index < -0.39 is 5.60 Å². The fraction of sp³-hybridized carbons (Fsp3) is 0.619. The lowest BCUT2D eigenvalue weighted by Crippen LogP contribution is -2.65. The van der Waals surface area contributed by atoms with Crippen LogP contribution in [0.15, 0.2) is 18.2 Å². The van der Waals surface area contributed by atoms with Crippen molar-refractivity contribution < 1.29 is 9.90 Å². The maximum absolute atomic E-state index is 13.2. The zero-order valence-electron chi connectivity index (χ0n) is 15.9. The van der Waals surface area contributed by atoms with Gasteiger partial charge in [-0.05, 0) is 56.2 Å². The zero-order valence-corrected chi connectivity index (χ0v) is 16.6. The van der Waals surface area contributed by atoms with Crippen LogP contribution in [0.25, 0.3) is 11.0 Å². The molecule has 2 saturated carbocycles. The average Bonchev–Trinajstić information content (AvgIpc) is 2.89. The summed E-state index contributed by atoms with van der Waals surface area (Å²) in [6.07, 6.45) is 5.02. The lowest BCUT2D eigenvalue weighted by atomic mass is 9.61. The highest BCUT2D eigenvalue weighted by atomic mass is 35.5. The lowest BCUT2D eigenvalue weighted by Gasteiger charge is -2.59. The number of aryl methyl sites for hydroxylation is 1. The van der Waals surface area contributed by atoms with Gasteiger partial charge in [0.1, 0.15) is 5.82 Å². The van der Waals surface area contributed by atoms with Gasteiger partial charge in [-0.25, -0.2) is 4.98 Å². The Balaban J connectivity index is 1.36. The van der Waals surface area contributed by atoms with Gasteiger partial charge in [0.15, 0.2) is 0 Å². The van der Waals surface area contributed by atoms with Crippen molar-refractivity contribution in [3.05, 3.63) is 29.0 Å². The molecule has 2 saturated heterocycles. The van der Waals surface area contributed by atoms with Crippen LogP contribution in [0, 0.1) is 5.92 Å². The van der Waals surface area contributed by atoms with Crippen LogP contribution >= 0.6 is 11.6 Å². The summed E-state index contributed by atoms with van der Waals surface area (Å²) in [5.41, 5.74) is 1.39. The van der Waals surface area contributed by atoms with Gasteiger partial charge in [0, 0.05) is 36.5 Å².